The Labute approximate surface area is 190 Å². The van der Waals surface area contributed by atoms with Crippen molar-refractivity contribution >= 4 is 27.4 Å². The van der Waals surface area contributed by atoms with E-state index in [4.69, 9.17) is 4.98 Å². The van der Waals surface area contributed by atoms with Gasteiger partial charge in [-0.1, -0.05) is 13.0 Å². The monoisotopic (exact) mass is 454 g/mol. The van der Waals surface area contributed by atoms with Crippen molar-refractivity contribution in [3.8, 4) is 0 Å². The van der Waals surface area contributed by atoms with Crippen LogP contribution in [0.4, 0.5) is 11.5 Å². The fourth-order valence-electron chi connectivity index (χ4n) is 4.80. The van der Waals surface area contributed by atoms with Crippen LogP contribution in [-0.2, 0) is 10.0 Å². The molecule has 0 radical (unpaired) electrons. The second-order valence-corrected chi connectivity index (χ2v) is 11.4. The molecule has 2 saturated heterocycles. The summed E-state index contributed by atoms with van der Waals surface area (Å²) in [5.41, 5.74) is 3.78. The highest BCUT2D eigenvalue weighted by molar-refractivity contribution is 7.93. The number of aryl methyl sites for hydroxylation is 1. The Morgan fingerprint density at radius 3 is 2.31 bits per heavy atom. The van der Waals surface area contributed by atoms with Crippen molar-refractivity contribution in [2.24, 2.45) is 5.92 Å². The molecule has 2 aliphatic heterocycles. The summed E-state index contributed by atoms with van der Waals surface area (Å²) < 4.78 is 26.1. The summed E-state index contributed by atoms with van der Waals surface area (Å²) >= 11 is 0. The van der Waals surface area contributed by atoms with Gasteiger partial charge in [-0.2, -0.15) is 0 Å². The van der Waals surface area contributed by atoms with Gasteiger partial charge in [-0.3, -0.25) is 9.10 Å². The number of anilines is 2. The van der Waals surface area contributed by atoms with E-state index in [0.29, 0.717) is 36.8 Å². The van der Waals surface area contributed by atoms with E-state index in [1.165, 1.54) is 28.3 Å². The molecule has 3 heterocycles. The number of sulfonamides is 1. The number of carbonyl (C=O) groups is 1. The molecule has 1 saturated carbocycles. The minimum Gasteiger partial charge on any atom is -0.353 e. The van der Waals surface area contributed by atoms with Crippen LogP contribution in [0.5, 0.6) is 0 Å². The van der Waals surface area contributed by atoms with Crippen molar-refractivity contribution < 1.29 is 13.2 Å². The van der Waals surface area contributed by atoms with E-state index < -0.39 is 10.0 Å². The van der Waals surface area contributed by atoms with Crippen LogP contribution in [0.3, 0.4) is 0 Å². The molecule has 1 atom stereocenters. The second-order valence-electron chi connectivity index (χ2n) is 9.42. The van der Waals surface area contributed by atoms with E-state index in [2.05, 4.69) is 17.9 Å². The maximum Gasteiger partial charge on any atom is 0.253 e. The van der Waals surface area contributed by atoms with Crippen molar-refractivity contribution in [3.05, 3.63) is 53.2 Å². The van der Waals surface area contributed by atoms with Crippen LogP contribution in [0.1, 0.15) is 47.2 Å². The quantitative estimate of drug-likeness (QED) is 0.710. The smallest absolute Gasteiger partial charge is 0.253 e. The number of benzene rings is 1. The molecule has 5 rings (SSSR count). The lowest BCUT2D eigenvalue weighted by Gasteiger charge is -2.36. The highest BCUT2D eigenvalue weighted by atomic mass is 32.2. The van der Waals surface area contributed by atoms with Gasteiger partial charge in [0.2, 0.25) is 10.0 Å². The molecule has 3 fully saturated rings. The lowest BCUT2D eigenvalue weighted by Crippen LogP contribution is -2.49. The molecular weight excluding hydrogens is 424 g/mol. The first-order chi connectivity index (χ1) is 15.3. The Balaban J connectivity index is 1.22. The summed E-state index contributed by atoms with van der Waals surface area (Å²) in [6, 6.07) is 9.23. The average molecular weight is 455 g/mol. The number of pyridine rings is 1. The first kappa shape index (κ1) is 21.2. The predicted molar refractivity (Wildman–Crippen MR) is 126 cm³/mol. The van der Waals surface area contributed by atoms with Crippen LogP contribution < -0.4 is 9.21 Å². The zero-order valence-corrected chi connectivity index (χ0v) is 19.5. The summed E-state index contributed by atoms with van der Waals surface area (Å²) in [7, 11) is -3.26. The molecule has 32 heavy (non-hydrogen) atoms. The fraction of sp³-hybridized carbons (Fsp3) is 0.500. The van der Waals surface area contributed by atoms with Crippen molar-refractivity contribution in [3.63, 3.8) is 0 Å². The summed E-state index contributed by atoms with van der Waals surface area (Å²) in [4.78, 5) is 21.9. The van der Waals surface area contributed by atoms with Gasteiger partial charge in [0.05, 0.1) is 11.4 Å². The highest BCUT2D eigenvalue weighted by Gasteiger charge is 2.34. The van der Waals surface area contributed by atoms with Gasteiger partial charge in [0, 0.05) is 44.5 Å². The zero-order valence-electron chi connectivity index (χ0n) is 18.7. The number of carbonyl (C=O) groups excluding carboxylic acids is 1. The molecule has 0 bridgehead atoms. The Kier molecular flexibility index (Phi) is 5.35. The van der Waals surface area contributed by atoms with Gasteiger partial charge in [0.1, 0.15) is 5.82 Å². The van der Waals surface area contributed by atoms with E-state index in [9.17, 15) is 13.2 Å². The molecule has 1 aliphatic carbocycles. The number of hydrogen-bond acceptors (Lipinski definition) is 5. The maximum atomic E-state index is 13.0. The SMILES string of the molecule is Cc1cc(C2CC2)cnc1N1CCN(C(=O)c2ccc(N3C[C@H](C)CS3(=O)=O)cc2)CC1. The van der Waals surface area contributed by atoms with Crippen LogP contribution in [0.25, 0.3) is 0 Å². The third kappa shape index (κ3) is 4.08. The molecule has 0 spiro atoms. The van der Waals surface area contributed by atoms with E-state index in [1.54, 1.807) is 24.3 Å². The number of nitrogens with zero attached hydrogens (tertiary/aromatic N) is 4. The topological polar surface area (TPSA) is 73.8 Å². The second kappa shape index (κ2) is 8.06. The minimum atomic E-state index is -3.26. The minimum absolute atomic E-state index is 0.0115. The normalized spacial score (nSPS) is 22.9. The zero-order chi connectivity index (χ0) is 22.5. The van der Waals surface area contributed by atoms with E-state index in [-0.39, 0.29) is 17.6 Å². The number of rotatable bonds is 4. The van der Waals surface area contributed by atoms with E-state index in [0.717, 1.165) is 18.9 Å². The standard InChI is InChI=1S/C24H30N4O3S/c1-17-15-28(32(30,31)16-17)22-7-5-20(6-8-22)24(29)27-11-9-26(10-12-27)23-18(2)13-21(14-25-23)19-3-4-19/h5-8,13-14,17,19H,3-4,9-12,15-16H2,1-2H3/t17-/m0/s1. The molecule has 1 aromatic heterocycles. The van der Waals surface area contributed by atoms with Gasteiger partial charge >= 0.3 is 0 Å². The molecule has 0 N–H and O–H groups in total. The lowest BCUT2D eigenvalue weighted by atomic mass is 10.1. The molecular formula is C24H30N4O3S. The number of aromatic nitrogens is 1. The summed E-state index contributed by atoms with van der Waals surface area (Å²) in [6.45, 7) is 7.34. The van der Waals surface area contributed by atoms with Gasteiger partial charge < -0.3 is 9.80 Å². The van der Waals surface area contributed by atoms with Gasteiger partial charge in [-0.15, -0.1) is 0 Å². The lowest BCUT2D eigenvalue weighted by molar-refractivity contribution is 0.0746. The Hall–Kier alpha value is -2.61. The van der Waals surface area contributed by atoms with Crippen molar-refractivity contribution in [1.82, 2.24) is 9.88 Å². The fourth-order valence-corrected chi connectivity index (χ4v) is 6.73. The Morgan fingerprint density at radius 2 is 1.75 bits per heavy atom. The number of hydrogen-bond donors (Lipinski definition) is 0. The molecule has 1 amide bonds. The number of piperazine rings is 1. The molecule has 2 aromatic rings. The van der Waals surface area contributed by atoms with Crippen molar-refractivity contribution in [1.29, 1.82) is 0 Å². The van der Waals surface area contributed by atoms with Gasteiger partial charge in [-0.25, -0.2) is 13.4 Å². The predicted octanol–water partition coefficient (Wildman–Crippen LogP) is 3.02. The summed E-state index contributed by atoms with van der Waals surface area (Å²) in [6.07, 6.45) is 4.56. The molecule has 0 unspecified atom stereocenters. The first-order valence-electron chi connectivity index (χ1n) is 11.4. The summed E-state index contributed by atoms with van der Waals surface area (Å²) in [5.74, 6) is 2.00. The first-order valence-corrected chi connectivity index (χ1v) is 13.0. The third-order valence-corrected chi connectivity index (χ3v) is 8.72. The molecule has 170 valence electrons. The molecule has 3 aliphatic rings. The van der Waals surface area contributed by atoms with Crippen molar-refractivity contribution in [2.75, 3.05) is 47.7 Å². The Morgan fingerprint density at radius 1 is 1.06 bits per heavy atom. The maximum absolute atomic E-state index is 13.0. The molecule has 8 heteroatoms. The van der Waals surface area contributed by atoms with Crippen LogP contribution in [0, 0.1) is 12.8 Å². The van der Waals surface area contributed by atoms with E-state index >= 15 is 0 Å². The van der Waals surface area contributed by atoms with Crippen LogP contribution in [0.2, 0.25) is 0 Å². The van der Waals surface area contributed by atoms with Crippen molar-refractivity contribution in [2.45, 2.75) is 32.6 Å². The summed E-state index contributed by atoms with van der Waals surface area (Å²) in [5, 5.41) is 0. The van der Waals surface area contributed by atoms with Gasteiger partial charge in [0.25, 0.3) is 5.91 Å². The van der Waals surface area contributed by atoms with Crippen LogP contribution >= 0.6 is 0 Å². The number of amides is 1. The molecule has 1 aromatic carbocycles. The third-order valence-electron chi connectivity index (χ3n) is 6.70. The van der Waals surface area contributed by atoms with Gasteiger partial charge in [-0.05, 0) is 67.0 Å². The largest absolute Gasteiger partial charge is 0.353 e. The van der Waals surface area contributed by atoms with Crippen LogP contribution in [-0.4, -0.2) is 62.7 Å². The van der Waals surface area contributed by atoms with Crippen LogP contribution in [0.15, 0.2) is 36.5 Å². The van der Waals surface area contributed by atoms with Gasteiger partial charge in [0.15, 0.2) is 0 Å². The van der Waals surface area contributed by atoms with E-state index in [1.807, 2.05) is 18.0 Å². The highest BCUT2D eigenvalue weighted by Crippen LogP contribution is 2.40. The average Bonchev–Trinajstić information content (AvgIpc) is 3.58. The molecule has 7 nitrogen and oxygen atoms in total. The Bertz CT molecular complexity index is 1120.